The number of nitrogens with zero attached hydrogens (tertiary/aromatic N) is 1. The van der Waals surface area contributed by atoms with Gasteiger partial charge in [0.25, 0.3) is 11.6 Å². The number of nitro groups is 1. The molecule has 2 rings (SSSR count). The molecule has 108 valence electrons. The summed E-state index contributed by atoms with van der Waals surface area (Å²) < 4.78 is 0. The summed E-state index contributed by atoms with van der Waals surface area (Å²) in [4.78, 5) is 22.4. The van der Waals surface area contributed by atoms with Crippen molar-refractivity contribution < 1.29 is 9.72 Å². The van der Waals surface area contributed by atoms with Crippen LogP contribution >= 0.6 is 0 Å². The lowest BCUT2D eigenvalue weighted by Gasteiger charge is -2.27. The van der Waals surface area contributed by atoms with Crippen molar-refractivity contribution in [1.29, 1.82) is 0 Å². The van der Waals surface area contributed by atoms with Crippen LogP contribution in [0.3, 0.4) is 0 Å². The second-order valence-corrected chi connectivity index (χ2v) is 5.46. The summed E-state index contributed by atoms with van der Waals surface area (Å²) in [5.41, 5.74) is 6.05. The highest BCUT2D eigenvalue weighted by Gasteiger charge is 2.22. The highest BCUT2D eigenvalue weighted by atomic mass is 16.6. The van der Waals surface area contributed by atoms with Gasteiger partial charge in [-0.2, -0.15) is 0 Å². The zero-order valence-corrected chi connectivity index (χ0v) is 11.5. The molecule has 6 nitrogen and oxygen atoms in total. The predicted octanol–water partition coefficient (Wildman–Crippen LogP) is 2.49. The van der Waals surface area contributed by atoms with Gasteiger partial charge in [-0.05, 0) is 37.7 Å². The minimum Gasteiger partial charge on any atom is -0.398 e. The molecule has 0 aromatic heterocycles. The monoisotopic (exact) mass is 277 g/mol. The second-order valence-electron chi connectivity index (χ2n) is 5.46. The van der Waals surface area contributed by atoms with Crippen LogP contribution in [0, 0.1) is 16.0 Å². The van der Waals surface area contributed by atoms with E-state index in [0.717, 1.165) is 25.7 Å². The number of nitrogen functional groups attached to an aromatic ring is 1. The Hall–Kier alpha value is -2.11. The van der Waals surface area contributed by atoms with Gasteiger partial charge < -0.3 is 11.1 Å². The number of nitrogens with two attached hydrogens (primary N) is 1. The third kappa shape index (κ3) is 3.26. The van der Waals surface area contributed by atoms with Crippen molar-refractivity contribution in [3.63, 3.8) is 0 Å². The van der Waals surface area contributed by atoms with E-state index in [1.54, 1.807) is 0 Å². The number of hydrogen-bond acceptors (Lipinski definition) is 4. The number of carbonyl (C=O) groups excluding carboxylic acids is 1. The molecule has 1 fully saturated rings. The molecule has 0 unspecified atom stereocenters. The molecule has 0 bridgehead atoms. The van der Waals surface area contributed by atoms with Gasteiger partial charge in [0.05, 0.1) is 10.5 Å². The van der Waals surface area contributed by atoms with Crippen LogP contribution in [0.4, 0.5) is 11.4 Å². The molecule has 6 heteroatoms. The summed E-state index contributed by atoms with van der Waals surface area (Å²) in [7, 11) is 0. The topological polar surface area (TPSA) is 98.3 Å². The number of rotatable bonds is 3. The van der Waals surface area contributed by atoms with E-state index >= 15 is 0 Å². The molecule has 3 N–H and O–H groups in total. The van der Waals surface area contributed by atoms with Crippen molar-refractivity contribution in [2.45, 2.75) is 38.6 Å². The lowest BCUT2D eigenvalue weighted by molar-refractivity contribution is -0.384. The van der Waals surface area contributed by atoms with Crippen LogP contribution < -0.4 is 11.1 Å². The van der Waals surface area contributed by atoms with Crippen LogP contribution in [0.25, 0.3) is 0 Å². The summed E-state index contributed by atoms with van der Waals surface area (Å²) in [6.07, 6.45) is 4.08. The summed E-state index contributed by atoms with van der Waals surface area (Å²) in [5.74, 6) is 0.372. The molecule has 1 aliphatic carbocycles. The molecule has 0 radical (unpaired) electrons. The maximum Gasteiger partial charge on any atom is 0.270 e. The van der Waals surface area contributed by atoms with E-state index in [-0.39, 0.29) is 28.9 Å². The quantitative estimate of drug-likeness (QED) is 0.503. The van der Waals surface area contributed by atoms with Crippen LogP contribution in [0.1, 0.15) is 43.0 Å². The number of hydrogen-bond donors (Lipinski definition) is 2. The first-order valence-corrected chi connectivity index (χ1v) is 6.82. The fraction of sp³-hybridized carbons (Fsp3) is 0.500. The zero-order valence-electron chi connectivity index (χ0n) is 11.5. The first-order chi connectivity index (χ1) is 9.47. The van der Waals surface area contributed by atoms with Crippen LogP contribution in [-0.2, 0) is 0 Å². The molecule has 0 heterocycles. The summed E-state index contributed by atoms with van der Waals surface area (Å²) in [5, 5.41) is 13.7. The van der Waals surface area contributed by atoms with Gasteiger partial charge in [-0.1, -0.05) is 6.92 Å². The first-order valence-electron chi connectivity index (χ1n) is 6.82. The number of amides is 1. The third-order valence-electron chi connectivity index (χ3n) is 3.84. The lowest BCUT2D eigenvalue weighted by atomic mass is 9.87. The minimum atomic E-state index is -0.529. The maximum absolute atomic E-state index is 12.2. The van der Waals surface area contributed by atoms with E-state index < -0.39 is 4.92 Å². The van der Waals surface area contributed by atoms with Gasteiger partial charge in [0.1, 0.15) is 0 Å². The normalized spacial score (nSPS) is 22.2. The van der Waals surface area contributed by atoms with Gasteiger partial charge in [0, 0.05) is 23.9 Å². The van der Waals surface area contributed by atoms with E-state index in [2.05, 4.69) is 12.2 Å². The number of anilines is 1. The predicted molar refractivity (Wildman–Crippen MR) is 76.4 cm³/mol. The Morgan fingerprint density at radius 3 is 2.60 bits per heavy atom. The minimum absolute atomic E-state index is 0.124. The van der Waals surface area contributed by atoms with Crippen LogP contribution in [0.15, 0.2) is 18.2 Å². The van der Waals surface area contributed by atoms with E-state index in [0.29, 0.717) is 5.92 Å². The van der Waals surface area contributed by atoms with Crippen LogP contribution in [-0.4, -0.2) is 16.9 Å². The van der Waals surface area contributed by atoms with Crippen molar-refractivity contribution in [3.8, 4) is 0 Å². The Morgan fingerprint density at radius 2 is 2.00 bits per heavy atom. The van der Waals surface area contributed by atoms with Gasteiger partial charge in [0.2, 0.25) is 0 Å². The van der Waals surface area contributed by atoms with Crippen molar-refractivity contribution >= 4 is 17.3 Å². The Kier molecular flexibility index (Phi) is 4.22. The largest absolute Gasteiger partial charge is 0.398 e. The molecule has 1 amide bonds. The number of carbonyl (C=O) groups is 1. The van der Waals surface area contributed by atoms with Crippen LogP contribution in [0.5, 0.6) is 0 Å². The summed E-state index contributed by atoms with van der Waals surface area (Å²) in [6.45, 7) is 2.20. The van der Waals surface area contributed by atoms with Crippen molar-refractivity contribution in [2.24, 2.45) is 5.92 Å². The SMILES string of the molecule is CC1CCC(NC(=O)c2cc([N+](=O)[O-])ccc2N)CC1. The molecular formula is C14H19N3O3. The average molecular weight is 277 g/mol. The number of non-ortho nitro benzene ring substituents is 1. The fourth-order valence-electron chi connectivity index (χ4n) is 2.52. The highest BCUT2D eigenvalue weighted by molar-refractivity contribution is 5.99. The molecule has 0 saturated heterocycles. The molecule has 0 spiro atoms. The molecular weight excluding hydrogens is 258 g/mol. The molecule has 1 aromatic carbocycles. The molecule has 20 heavy (non-hydrogen) atoms. The Bertz CT molecular complexity index is 522. The summed E-state index contributed by atoms with van der Waals surface area (Å²) >= 11 is 0. The molecule has 1 aromatic rings. The maximum atomic E-state index is 12.2. The smallest absolute Gasteiger partial charge is 0.270 e. The van der Waals surface area contributed by atoms with E-state index in [1.807, 2.05) is 0 Å². The zero-order chi connectivity index (χ0) is 14.7. The number of benzene rings is 1. The van der Waals surface area contributed by atoms with E-state index in [9.17, 15) is 14.9 Å². The third-order valence-corrected chi connectivity index (χ3v) is 3.84. The molecule has 0 aliphatic heterocycles. The van der Waals surface area contributed by atoms with E-state index in [4.69, 9.17) is 5.73 Å². The lowest BCUT2D eigenvalue weighted by Crippen LogP contribution is -2.37. The highest BCUT2D eigenvalue weighted by Crippen LogP contribution is 2.25. The first kappa shape index (κ1) is 14.3. The van der Waals surface area contributed by atoms with Crippen LogP contribution in [0.2, 0.25) is 0 Å². The standard InChI is InChI=1S/C14H19N3O3/c1-9-2-4-10(5-3-9)16-14(18)12-8-11(17(19)20)6-7-13(12)15/h6-10H,2-5,15H2,1H3,(H,16,18). The van der Waals surface area contributed by atoms with Gasteiger partial charge in [0.15, 0.2) is 0 Å². The van der Waals surface area contributed by atoms with Crippen molar-refractivity contribution in [3.05, 3.63) is 33.9 Å². The molecule has 1 aliphatic rings. The van der Waals surface area contributed by atoms with Gasteiger partial charge in [-0.15, -0.1) is 0 Å². The number of nitrogens with one attached hydrogen (secondary N) is 1. The fourth-order valence-corrected chi connectivity index (χ4v) is 2.52. The van der Waals surface area contributed by atoms with Crippen molar-refractivity contribution in [2.75, 3.05) is 5.73 Å². The molecule has 0 atom stereocenters. The summed E-state index contributed by atoms with van der Waals surface area (Å²) in [6, 6.07) is 4.07. The number of nitro benzene ring substituents is 1. The van der Waals surface area contributed by atoms with Gasteiger partial charge in [-0.3, -0.25) is 14.9 Å². The van der Waals surface area contributed by atoms with Gasteiger partial charge >= 0.3 is 0 Å². The molecule has 1 saturated carbocycles. The Balaban J connectivity index is 2.08. The van der Waals surface area contributed by atoms with E-state index in [1.165, 1.54) is 18.2 Å². The average Bonchev–Trinajstić information content (AvgIpc) is 2.41. The second kappa shape index (κ2) is 5.90. The Morgan fingerprint density at radius 1 is 1.35 bits per heavy atom. The Labute approximate surface area is 117 Å². The van der Waals surface area contributed by atoms with Crippen molar-refractivity contribution in [1.82, 2.24) is 5.32 Å². The van der Waals surface area contributed by atoms with Gasteiger partial charge in [-0.25, -0.2) is 0 Å².